The molecule has 0 bridgehead atoms. The number of ether oxygens (including phenoxy) is 1. The van der Waals surface area contributed by atoms with E-state index in [1.165, 1.54) is 0 Å². The van der Waals surface area contributed by atoms with Crippen LogP contribution in [0.3, 0.4) is 0 Å². The number of carbonyl (C=O) groups is 2. The van der Waals surface area contributed by atoms with Crippen LogP contribution in [0.15, 0.2) is 54.6 Å². The van der Waals surface area contributed by atoms with Crippen LogP contribution < -0.4 is 15.0 Å². The Bertz CT molecular complexity index is 783. The summed E-state index contributed by atoms with van der Waals surface area (Å²) >= 11 is 0. The van der Waals surface area contributed by atoms with Gasteiger partial charge in [0.15, 0.2) is 0 Å². The zero-order valence-corrected chi connectivity index (χ0v) is 15.9. The number of benzene rings is 2. The summed E-state index contributed by atoms with van der Waals surface area (Å²) in [4.78, 5) is 27.0. The summed E-state index contributed by atoms with van der Waals surface area (Å²) < 4.78 is 5.19. The van der Waals surface area contributed by atoms with E-state index in [0.717, 1.165) is 37.1 Å². The number of rotatable bonds is 5. The van der Waals surface area contributed by atoms with Crippen molar-refractivity contribution in [1.82, 2.24) is 0 Å². The minimum atomic E-state index is -0.0534. The normalized spacial score (nSPS) is 19.2. The highest BCUT2D eigenvalue weighted by molar-refractivity contribution is 5.95. The van der Waals surface area contributed by atoms with Gasteiger partial charge in [0.25, 0.3) is 0 Å². The molecule has 0 aliphatic heterocycles. The van der Waals surface area contributed by atoms with Gasteiger partial charge in [-0.1, -0.05) is 24.3 Å². The number of carbonyl (C=O) groups excluding carboxylic acids is 2. The van der Waals surface area contributed by atoms with Crippen LogP contribution in [0.25, 0.3) is 0 Å². The fourth-order valence-electron chi connectivity index (χ4n) is 3.60. The van der Waals surface area contributed by atoms with Crippen molar-refractivity contribution in [2.75, 3.05) is 24.4 Å². The summed E-state index contributed by atoms with van der Waals surface area (Å²) in [7, 11) is 3.42. The van der Waals surface area contributed by atoms with E-state index in [1.54, 1.807) is 12.0 Å². The second-order valence-electron chi connectivity index (χ2n) is 7.00. The summed E-state index contributed by atoms with van der Waals surface area (Å²) in [6.07, 6.45) is 2.95. The Labute approximate surface area is 160 Å². The quantitative estimate of drug-likeness (QED) is 0.867. The van der Waals surface area contributed by atoms with Gasteiger partial charge in [0.1, 0.15) is 5.75 Å². The molecule has 0 radical (unpaired) electrons. The van der Waals surface area contributed by atoms with Crippen LogP contribution in [-0.4, -0.2) is 26.0 Å². The summed E-state index contributed by atoms with van der Waals surface area (Å²) in [5.41, 5.74) is 1.64. The van der Waals surface area contributed by atoms with E-state index in [1.807, 2.05) is 61.6 Å². The van der Waals surface area contributed by atoms with E-state index < -0.39 is 0 Å². The van der Waals surface area contributed by atoms with Gasteiger partial charge in [-0.05, 0) is 49.9 Å². The van der Waals surface area contributed by atoms with Crippen molar-refractivity contribution in [3.63, 3.8) is 0 Å². The van der Waals surface area contributed by atoms with E-state index in [-0.39, 0.29) is 23.7 Å². The number of methoxy groups -OCH3 is 1. The molecule has 0 aromatic heterocycles. The molecule has 27 heavy (non-hydrogen) atoms. The van der Waals surface area contributed by atoms with Crippen molar-refractivity contribution in [3.8, 4) is 5.75 Å². The topological polar surface area (TPSA) is 58.6 Å². The lowest BCUT2D eigenvalue weighted by molar-refractivity contribution is -0.126. The molecule has 5 heteroatoms. The van der Waals surface area contributed by atoms with Crippen molar-refractivity contribution >= 4 is 23.2 Å². The van der Waals surface area contributed by atoms with Crippen molar-refractivity contribution in [2.45, 2.75) is 25.7 Å². The molecule has 0 saturated heterocycles. The summed E-state index contributed by atoms with van der Waals surface area (Å²) in [5, 5.41) is 2.96. The van der Waals surface area contributed by atoms with Crippen molar-refractivity contribution < 1.29 is 14.3 Å². The Morgan fingerprint density at radius 1 is 0.963 bits per heavy atom. The second kappa shape index (κ2) is 8.71. The maximum Gasteiger partial charge on any atom is 0.229 e. The first-order valence-electron chi connectivity index (χ1n) is 9.36. The first-order valence-corrected chi connectivity index (χ1v) is 9.36. The van der Waals surface area contributed by atoms with Crippen molar-refractivity contribution in [1.29, 1.82) is 0 Å². The molecule has 2 aromatic rings. The molecule has 1 saturated carbocycles. The summed E-state index contributed by atoms with van der Waals surface area (Å²) in [6.45, 7) is 0. The lowest BCUT2D eigenvalue weighted by Gasteiger charge is -2.30. The third kappa shape index (κ3) is 4.67. The SMILES string of the molecule is COc1cccc(NC(=O)C2CCC(C(=O)N(C)c3ccccc3)CC2)c1. The van der Waals surface area contributed by atoms with E-state index in [4.69, 9.17) is 4.74 Å². The molecule has 142 valence electrons. The molecular weight excluding hydrogens is 340 g/mol. The predicted octanol–water partition coefficient (Wildman–Crippen LogP) is 4.10. The van der Waals surface area contributed by atoms with E-state index in [2.05, 4.69) is 5.32 Å². The fourth-order valence-corrected chi connectivity index (χ4v) is 3.60. The van der Waals surface area contributed by atoms with Crippen LogP contribution in [0.2, 0.25) is 0 Å². The third-order valence-corrected chi connectivity index (χ3v) is 5.26. The molecule has 0 spiro atoms. The fraction of sp³-hybridized carbons (Fsp3) is 0.364. The van der Waals surface area contributed by atoms with E-state index in [0.29, 0.717) is 5.75 Å². The summed E-state index contributed by atoms with van der Waals surface area (Å²) in [5.74, 6) is 0.794. The molecule has 5 nitrogen and oxygen atoms in total. The van der Waals surface area contributed by atoms with Gasteiger partial charge in [0.05, 0.1) is 7.11 Å². The first kappa shape index (κ1) is 19.0. The molecule has 1 fully saturated rings. The van der Waals surface area contributed by atoms with Gasteiger partial charge in [-0.15, -0.1) is 0 Å². The number of anilines is 2. The van der Waals surface area contributed by atoms with Gasteiger partial charge in [-0.2, -0.15) is 0 Å². The highest BCUT2D eigenvalue weighted by Gasteiger charge is 2.31. The zero-order chi connectivity index (χ0) is 19.2. The van der Waals surface area contributed by atoms with E-state index in [9.17, 15) is 9.59 Å². The Morgan fingerprint density at radius 3 is 2.30 bits per heavy atom. The molecule has 1 aliphatic rings. The van der Waals surface area contributed by atoms with Crippen LogP contribution in [0.5, 0.6) is 5.75 Å². The Hall–Kier alpha value is -2.82. The maximum absolute atomic E-state index is 12.7. The lowest BCUT2D eigenvalue weighted by Crippen LogP contribution is -2.36. The van der Waals surface area contributed by atoms with Crippen molar-refractivity contribution in [2.24, 2.45) is 11.8 Å². The largest absolute Gasteiger partial charge is 0.497 e. The molecule has 1 aliphatic carbocycles. The zero-order valence-electron chi connectivity index (χ0n) is 15.9. The molecule has 2 amide bonds. The lowest BCUT2D eigenvalue weighted by atomic mass is 9.81. The number of nitrogens with one attached hydrogen (secondary N) is 1. The van der Waals surface area contributed by atoms with Gasteiger partial charge in [-0.3, -0.25) is 9.59 Å². The highest BCUT2D eigenvalue weighted by Crippen LogP contribution is 2.32. The monoisotopic (exact) mass is 366 g/mol. The first-order chi connectivity index (χ1) is 13.1. The molecule has 3 rings (SSSR count). The van der Waals surface area contributed by atoms with Crippen LogP contribution in [0.1, 0.15) is 25.7 Å². The van der Waals surface area contributed by atoms with Gasteiger partial charge in [0.2, 0.25) is 11.8 Å². The maximum atomic E-state index is 12.7. The smallest absolute Gasteiger partial charge is 0.229 e. The Balaban J connectivity index is 1.53. The molecular formula is C22H26N2O3. The number of amides is 2. The minimum Gasteiger partial charge on any atom is -0.497 e. The molecule has 0 atom stereocenters. The minimum absolute atomic E-state index is 0.0175. The highest BCUT2D eigenvalue weighted by atomic mass is 16.5. The predicted molar refractivity (Wildman–Crippen MR) is 107 cm³/mol. The summed E-state index contributed by atoms with van der Waals surface area (Å²) in [6, 6.07) is 17.0. The average molecular weight is 366 g/mol. The molecule has 1 N–H and O–H groups in total. The second-order valence-corrected chi connectivity index (χ2v) is 7.00. The number of nitrogens with zero attached hydrogens (tertiary/aromatic N) is 1. The van der Waals surface area contributed by atoms with Crippen LogP contribution in [-0.2, 0) is 9.59 Å². The standard InChI is InChI=1S/C22H26N2O3/c1-24(19-8-4-3-5-9-19)22(26)17-13-11-16(12-14-17)21(25)23-18-7-6-10-20(15-18)27-2/h3-10,15-17H,11-14H2,1-2H3,(H,23,25). The average Bonchev–Trinajstić information content (AvgIpc) is 2.73. The van der Waals surface area contributed by atoms with Gasteiger partial charge in [-0.25, -0.2) is 0 Å². The third-order valence-electron chi connectivity index (χ3n) is 5.26. The van der Waals surface area contributed by atoms with Crippen LogP contribution in [0.4, 0.5) is 11.4 Å². The van der Waals surface area contributed by atoms with Crippen LogP contribution >= 0.6 is 0 Å². The van der Waals surface area contributed by atoms with E-state index >= 15 is 0 Å². The van der Waals surface area contributed by atoms with Gasteiger partial charge < -0.3 is 15.0 Å². The van der Waals surface area contributed by atoms with Crippen LogP contribution in [0, 0.1) is 11.8 Å². The Morgan fingerprint density at radius 2 is 1.63 bits per heavy atom. The number of hydrogen-bond acceptors (Lipinski definition) is 3. The van der Waals surface area contributed by atoms with Gasteiger partial charge >= 0.3 is 0 Å². The molecule has 2 aromatic carbocycles. The molecule has 0 unspecified atom stereocenters. The number of hydrogen-bond donors (Lipinski definition) is 1. The van der Waals surface area contributed by atoms with Crippen molar-refractivity contribution in [3.05, 3.63) is 54.6 Å². The molecule has 0 heterocycles. The Kier molecular flexibility index (Phi) is 6.12. The van der Waals surface area contributed by atoms with Gasteiger partial charge in [0, 0.05) is 36.3 Å². The number of para-hydroxylation sites is 1.